The van der Waals surface area contributed by atoms with Gasteiger partial charge in [-0.3, -0.25) is 0 Å². The lowest BCUT2D eigenvalue weighted by Gasteiger charge is -2.25. The van der Waals surface area contributed by atoms with E-state index in [0.29, 0.717) is 0 Å². The number of hydrogen-bond acceptors (Lipinski definition) is 1. The molecule has 0 radical (unpaired) electrons. The highest BCUT2D eigenvalue weighted by molar-refractivity contribution is 8.97. The van der Waals surface area contributed by atoms with E-state index in [-0.39, 0.29) is 4.90 Å². The molecule has 0 fully saturated rings. The molecule has 1 aromatic carbocycles. The second kappa shape index (κ2) is 4.05. The first-order chi connectivity index (χ1) is 6.25. The third-order valence-electron chi connectivity index (χ3n) is 1.60. The Morgan fingerprint density at radius 2 is 1.64 bits per heavy atom. The maximum atomic E-state index is 11.0. The molecule has 0 unspecified atom stereocenters. The third-order valence-corrected chi connectivity index (χ3v) is 9.77. The summed E-state index contributed by atoms with van der Waals surface area (Å²) in [6, 6.07) is 6.47. The summed E-state index contributed by atoms with van der Waals surface area (Å²) in [6.45, 7) is -2.63. The minimum absolute atomic E-state index is 0.278. The lowest BCUT2D eigenvalue weighted by molar-refractivity contribution is 0.396. The van der Waals surface area contributed by atoms with Crippen LogP contribution in [0.5, 0.6) is 0 Å². The van der Waals surface area contributed by atoms with Crippen molar-refractivity contribution in [2.45, 2.75) is 11.8 Å². The Kier molecular flexibility index (Phi) is 3.58. The van der Waals surface area contributed by atoms with E-state index in [1.54, 1.807) is 12.1 Å². The lowest BCUT2D eigenvalue weighted by atomic mass is 10.2. The first-order valence-electron chi connectivity index (χ1n) is 3.60. The Morgan fingerprint density at radius 1 is 1.21 bits per heavy atom. The van der Waals surface area contributed by atoms with E-state index >= 15 is 0 Å². The van der Waals surface area contributed by atoms with Crippen molar-refractivity contribution in [1.82, 2.24) is 0 Å². The summed E-state index contributed by atoms with van der Waals surface area (Å²) in [5.74, 6) is 0. The van der Waals surface area contributed by atoms with Crippen LogP contribution >= 0.6 is 36.2 Å². The minimum atomic E-state index is -4.49. The van der Waals surface area contributed by atoms with Crippen molar-refractivity contribution in [1.29, 1.82) is 0 Å². The molecule has 0 atom stereocenters. The molecule has 0 aliphatic rings. The van der Waals surface area contributed by atoms with Crippen molar-refractivity contribution in [2.75, 3.05) is 0 Å². The zero-order valence-electron chi connectivity index (χ0n) is 7.22. The van der Waals surface area contributed by atoms with Crippen LogP contribution < -0.4 is 0 Å². The molecule has 0 bridgehead atoms. The van der Waals surface area contributed by atoms with Crippen LogP contribution in [0.1, 0.15) is 5.56 Å². The van der Waals surface area contributed by atoms with Gasteiger partial charge in [0.2, 0.25) is 0 Å². The molecule has 0 amide bonds. The van der Waals surface area contributed by atoms with Crippen molar-refractivity contribution in [3.05, 3.63) is 29.8 Å². The van der Waals surface area contributed by atoms with Crippen LogP contribution in [0.25, 0.3) is 0 Å². The standard InChI is InChI=1S/C7H9Cl2O3PS/c1-6-2-4-7(5-3-6)14(8,9)13(10,11)12/h2-5H,1H3,(H2,10,11,12). The highest BCUT2D eigenvalue weighted by Gasteiger charge is 2.40. The van der Waals surface area contributed by atoms with Crippen LogP contribution in [0.15, 0.2) is 29.2 Å². The second-order valence-corrected chi connectivity index (χ2v) is 12.7. The van der Waals surface area contributed by atoms with Gasteiger partial charge in [0.1, 0.15) is 0 Å². The Labute approximate surface area is 92.3 Å². The molecule has 0 saturated heterocycles. The van der Waals surface area contributed by atoms with Crippen molar-refractivity contribution in [2.24, 2.45) is 0 Å². The van der Waals surface area contributed by atoms with E-state index in [0.717, 1.165) is 5.56 Å². The van der Waals surface area contributed by atoms with E-state index in [2.05, 4.69) is 0 Å². The maximum Gasteiger partial charge on any atom is 0.396 e. The minimum Gasteiger partial charge on any atom is -0.316 e. The smallest absolute Gasteiger partial charge is 0.316 e. The largest absolute Gasteiger partial charge is 0.396 e. The van der Waals surface area contributed by atoms with E-state index < -0.39 is 14.9 Å². The van der Waals surface area contributed by atoms with Gasteiger partial charge in [-0.2, -0.15) is 0 Å². The van der Waals surface area contributed by atoms with Gasteiger partial charge in [-0.1, -0.05) is 17.7 Å². The van der Waals surface area contributed by atoms with Gasteiger partial charge in [-0.15, -0.1) is 0 Å². The van der Waals surface area contributed by atoms with Crippen molar-refractivity contribution >= 4 is 36.2 Å². The Morgan fingerprint density at radius 3 is 2.00 bits per heavy atom. The fourth-order valence-corrected chi connectivity index (χ4v) is 3.38. The average Bonchev–Trinajstić information content (AvgIpc) is 2.03. The fraction of sp³-hybridized carbons (Fsp3) is 0.143. The first-order valence-corrected chi connectivity index (χ1v) is 9.10. The van der Waals surface area contributed by atoms with E-state index in [4.69, 9.17) is 31.2 Å². The summed E-state index contributed by atoms with van der Waals surface area (Å²) in [4.78, 5) is 18.2. The van der Waals surface area contributed by atoms with Crippen LogP contribution in [0.2, 0.25) is 0 Å². The van der Waals surface area contributed by atoms with Crippen molar-refractivity contribution in [3.63, 3.8) is 0 Å². The third kappa shape index (κ3) is 2.45. The fourth-order valence-electron chi connectivity index (χ4n) is 0.839. The number of rotatable bonds is 2. The molecule has 1 aromatic rings. The number of benzene rings is 1. The molecular formula is C7H9Cl2O3PS. The summed E-state index contributed by atoms with van der Waals surface area (Å²) in [7, 11) is 8.27. The van der Waals surface area contributed by atoms with Crippen LogP contribution in [-0.4, -0.2) is 9.79 Å². The quantitative estimate of drug-likeness (QED) is 0.811. The molecule has 0 heterocycles. The molecule has 0 aliphatic carbocycles. The van der Waals surface area contributed by atoms with Gasteiger partial charge >= 0.3 is 6.80 Å². The SMILES string of the molecule is Cc1ccc(S(Cl)(Cl)P(=O)(O)O)cc1. The molecule has 2 N–H and O–H groups in total. The van der Waals surface area contributed by atoms with Gasteiger partial charge in [-0.05, 0) is 40.4 Å². The number of aryl methyl sites for hydroxylation is 1. The van der Waals surface area contributed by atoms with Crippen LogP contribution in [-0.2, 0) is 4.57 Å². The highest BCUT2D eigenvalue weighted by Crippen LogP contribution is 2.87. The summed E-state index contributed by atoms with van der Waals surface area (Å²) in [5, 5.41) is 0. The van der Waals surface area contributed by atoms with Crippen molar-refractivity contribution in [3.8, 4) is 0 Å². The van der Waals surface area contributed by atoms with E-state index in [1.807, 2.05) is 6.92 Å². The van der Waals surface area contributed by atoms with Crippen LogP contribution in [0.4, 0.5) is 0 Å². The van der Waals surface area contributed by atoms with Gasteiger partial charge in [0.15, 0.2) is 0 Å². The normalized spacial score (nSPS) is 14.1. The highest BCUT2D eigenvalue weighted by atomic mass is 36.0. The Balaban J connectivity index is 3.17. The second-order valence-electron chi connectivity index (χ2n) is 2.75. The molecule has 14 heavy (non-hydrogen) atoms. The maximum absolute atomic E-state index is 11.0. The number of hydrogen-bond donors (Lipinski definition) is 2. The van der Waals surface area contributed by atoms with E-state index in [1.165, 1.54) is 12.1 Å². The summed E-state index contributed by atoms with van der Waals surface area (Å²) in [6.07, 6.45) is 0. The molecule has 0 aromatic heterocycles. The average molecular weight is 275 g/mol. The molecule has 0 saturated carbocycles. The zero-order valence-corrected chi connectivity index (χ0v) is 10.4. The Bertz CT molecular complexity index is 373. The van der Waals surface area contributed by atoms with Gasteiger partial charge in [-0.25, -0.2) is 4.57 Å². The van der Waals surface area contributed by atoms with Crippen LogP contribution in [0, 0.1) is 6.92 Å². The monoisotopic (exact) mass is 274 g/mol. The van der Waals surface area contributed by atoms with Gasteiger partial charge in [0, 0.05) is 13.0 Å². The Hall–Kier alpha value is 0.300. The lowest BCUT2D eigenvalue weighted by Crippen LogP contribution is -1.87. The molecule has 3 nitrogen and oxygen atoms in total. The summed E-state index contributed by atoms with van der Waals surface area (Å²) in [5.41, 5.74) is 0.975. The topological polar surface area (TPSA) is 57.5 Å². The molecule has 0 spiro atoms. The first kappa shape index (κ1) is 12.4. The van der Waals surface area contributed by atoms with Gasteiger partial charge in [0.05, 0.1) is 0 Å². The summed E-state index contributed by atoms with van der Waals surface area (Å²) < 4.78 is 11.0. The molecule has 7 heteroatoms. The van der Waals surface area contributed by atoms with Crippen molar-refractivity contribution < 1.29 is 14.4 Å². The molecular weight excluding hydrogens is 266 g/mol. The van der Waals surface area contributed by atoms with Crippen LogP contribution in [0.3, 0.4) is 0 Å². The summed E-state index contributed by atoms with van der Waals surface area (Å²) >= 11 is 0. The van der Waals surface area contributed by atoms with Gasteiger partial charge in [0.25, 0.3) is 0 Å². The van der Waals surface area contributed by atoms with Gasteiger partial charge < -0.3 is 9.79 Å². The zero-order chi connectivity index (χ0) is 11.0. The number of halogens is 2. The molecule has 1 rings (SSSR count). The predicted molar refractivity (Wildman–Crippen MR) is 60.8 cm³/mol. The predicted octanol–water partition coefficient (Wildman–Crippen LogP) is 3.56. The van der Waals surface area contributed by atoms with E-state index in [9.17, 15) is 4.57 Å². The molecule has 0 aliphatic heterocycles. The molecule has 80 valence electrons.